The number of hydrogen-bond donors (Lipinski definition) is 2. The van der Waals surface area contributed by atoms with Crippen LogP contribution in [-0.4, -0.2) is 15.1 Å². The molecule has 0 atom stereocenters. The van der Waals surface area contributed by atoms with Gasteiger partial charge in [-0.1, -0.05) is 72.8 Å². The van der Waals surface area contributed by atoms with Crippen LogP contribution in [0, 0.1) is 0 Å². The number of hydrogen-bond acceptors (Lipinski definition) is 3. The summed E-state index contributed by atoms with van der Waals surface area (Å²) in [7, 11) is 0. The molecule has 0 saturated heterocycles. The van der Waals surface area contributed by atoms with Gasteiger partial charge in [-0.15, -0.1) is 0 Å². The van der Waals surface area contributed by atoms with Crippen LogP contribution >= 0.6 is 12.2 Å². The first kappa shape index (κ1) is 19.6. The Hall–Kier alpha value is -4.09. The number of para-hydroxylation sites is 4. The zero-order valence-corrected chi connectivity index (χ0v) is 18.6. The number of fused-ring (bicyclic) bond motifs is 4. The molecule has 5 heteroatoms. The highest BCUT2D eigenvalue weighted by atomic mass is 32.1. The number of pyridine rings is 2. The Kier molecular flexibility index (Phi) is 4.82. The number of nitrogens with zero attached hydrogens (tertiary/aromatic N) is 2. The summed E-state index contributed by atoms with van der Waals surface area (Å²) in [5.74, 6) is 0. The first-order valence-electron chi connectivity index (χ1n) is 10.9. The molecule has 0 aliphatic heterocycles. The molecule has 0 aliphatic rings. The molecule has 158 valence electrons. The Bertz CT molecular complexity index is 1570. The summed E-state index contributed by atoms with van der Waals surface area (Å²) < 4.78 is 0. The molecule has 0 fully saturated rings. The fourth-order valence-electron chi connectivity index (χ4n) is 4.42. The van der Waals surface area contributed by atoms with Gasteiger partial charge >= 0.3 is 0 Å². The predicted molar refractivity (Wildman–Crippen MR) is 142 cm³/mol. The summed E-state index contributed by atoms with van der Waals surface area (Å²) in [6.07, 6.45) is 0. The quantitative estimate of drug-likeness (QED) is 0.239. The van der Waals surface area contributed by atoms with Gasteiger partial charge < -0.3 is 10.6 Å². The summed E-state index contributed by atoms with van der Waals surface area (Å²) in [6.45, 7) is 0.594. The molecule has 33 heavy (non-hydrogen) atoms. The van der Waals surface area contributed by atoms with Gasteiger partial charge in [-0.25, -0.2) is 9.97 Å². The number of aromatic nitrogens is 2. The average Bonchev–Trinajstić information content (AvgIpc) is 2.86. The number of anilines is 1. The van der Waals surface area contributed by atoms with Crippen molar-refractivity contribution in [1.29, 1.82) is 0 Å². The molecular formula is C28H20N4S. The zero-order valence-electron chi connectivity index (χ0n) is 17.7. The molecule has 4 nitrogen and oxygen atoms in total. The third-order valence-corrected chi connectivity index (χ3v) is 6.20. The molecule has 6 rings (SSSR count). The van der Waals surface area contributed by atoms with Crippen molar-refractivity contribution in [3.05, 3.63) is 103 Å². The van der Waals surface area contributed by atoms with Crippen molar-refractivity contribution in [2.75, 3.05) is 5.32 Å². The molecule has 0 radical (unpaired) electrons. The maximum atomic E-state index is 5.75. The van der Waals surface area contributed by atoms with Crippen molar-refractivity contribution in [2.45, 2.75) is 6.54 Å². The topological polar surface area (TPSA) is 49.8 Å². The lowest BCUT2D eigenvalue weighted by Gasteiger charge is -2.16. The van der Waals surface area contributed by atoms with Crippen LogP contribution < -0.4 is 10.6 Å². The van der Waals surface area contributed by atoms with Gasteiger partial charge in [0.1, 0.15) is 0 Å². The Morgan fingerprint density at radius 1 is 0.576 bits per heavy atom. The Morgan fingerprint density at radius 3 is 1.45 bits per heavy atom. The van der Waals surface area contributed by atoms with E-state index in [9.17, 15) is 0 Å². The van der Waals surface area contributed by atoms with Crippen molar-refractivity contribution in [3.63, 3.8) is 0 Å². The predicted octanol–water partition coefficient (Wildman–Crippen LogP) is 6.58. The van der Waals surface area contributed by atoms with E-state index in [4.69, 9.17) is 22.2 Å². The molecule has 6 aromatic rings. The Labute approximate surface area is 196 Å². The van der Waals surface area contributed by atoms with Crippen LogP contribution in [0.4, 0.5) is 5.69 Å². The second-order valence-electron chi connectivity index (χ2n) is 7.95. The molecule has 0 saturated carbocycles. The molecule has 2 N–H and O–H groups in total. The fraction of sp³-hybridized carbons (Fsp3) is 0.0357. The standard InChI is InChI=1S/C28H20N4S/c33-28(32-27-20-11-3-7-15-25(20)31-26-16-8-4-12-21(26)27)29-17-22-18-9-1-5-13-23(18)30-24-14-6-2-10-19(22)24/h1-16H,17H2,(H2,29,31,32,33). The monoisotopic (exact) mass is 444 g/mol. The van der Waals surface area contributed by atoms with E-state index in [1.165, 1.54) is 5.56 Å². The highest BCUT2D eigenvalue weighted by Gasteiger charge is 2.12. The van der Waals surface area contributed by atoms with Crippen LogP contribution in [0.1, 0.15) is 5.56 Å². The van der Waals surface area contributed by atoms with E-state index >= 15 is 0 Å². The highest BCUT2D eigenvalue weighted by Crippen LogP contribution is 2.31. The van der Waals surface area contributed by atoms with Crippen LogP contribution in [0.3, 0.4) is 0 Å². The van der Waals surface area contributed by atoms with Gasteiger partial charge in [-0.2, -0.15) is 0 Å². The molecule has 0 bridgehead atoms. The van der Waals surface area contributed by atoms with Crippen molar-refractivity contribution in [3.8, 4) is 0 Å². The van der Waals surface area contributed by atoms with Crippen LogP contribution in [0.5, 0.6) is 0 Å². The SMILES string of the molecule is S=C(NCc1c2ccccc2nc2ccccc12)Nc1c2ccccc2nc2ccccc12. The van der Waals surface area contributed by atoms with Crippen molar-refractivity contribution >= 4 is 66.6 Å². The van der Waals surface area contributed by atoms with Gasteiger partial charge in [-0.05, 0) is 42.0 Å². The second-order valence-corrected chi connectivity index (χ2v) is 8.36. The van der Waals surface area contributed by atoms with Gasteiger partial charge in [0, 0.05) is 28.1 Å². The molecule has 0 spiro atoms. The Morgan fingerprint density at radius 2 is 0.970 bits per heavy atom. The number of nitrogens with one attached hydrogen (secondary N) is 2. The molecule has 0 amide bonds. The van der Waals surface area contributed by atoms with E-state index in [1.807, 2.05) is 60.7 Å². The van der Waals surface area contributed by atoms with E-state index in [-0.39, 0.29) is 0 Å². The Balaban J connectivity index is 1.37. The van der Waals surface area contributed by atoms with Gasteiger partial charge in [-0.3, -0.25) is 0 Å². The highest BCUT2D eigenvalue weighted by molar-refractivity contribution is 7.80. The number of rotatable bonds is 3. The summed E-state index contributed by atoms with van der Waals surface area (Å²) in [5, 5.41) is 11.8. The normalized spacial score (nSPS) is 11.3. The van der Waals surface area contributed by atoms with E-state index in [1.54, 1.807) is 0 Å². The van der Waals surface area contributed by atoms with Crippen LogP contribution in [0.25, 0.3) is 43.6 Å². The summed E-state index contributed by atoms with van der Waals surface area (Å²) in [6, 6.07) is 32.7. The lowest BCUT2D eigenvalue weighted by atomic mass is 10.0. The lowest BCUT2D eigenvalue weighted by Crippen LogP contribution is -2.28. The summed E-state index contributed by atoms with van der Waals surface area (Å²) >= 11 is 5.75. The molecular weight excluding hydrogens is 424 g/mol. The first-order valence-corrected chi connectivity index (χ1v) is 11.3. The van der Waals surface area contributed by atoms with Gasteiger partial charge in [0.05, 0.1) is 27.8 Å². The molecule has 2 heterocycles. The maximum Gasteiger partial charge on any atom is 0.171 e. The van der Waals surface area contributed by atoms with E-state index in [0.717, 1.165) is 49.3 Å². The first-order chi connectivity index (χ1) is 16.3. The number of thiocarbonyl (C=S) groups is 1. The molecule has 4 aromatic carbocycles. The fourth-order valence-corrected chi connectivity index (χ4v) is 4.59. The van der Waals surface area contributed by atoms with Gasteiger partial charge in [0.2, 0.25) is 0 Å². The average molecular weight is 445 g/mol. The van der Waals surface area contributed by atoms with E-state index in [0.29, 0.717) is 11.7 Å². The minimum absolute atomic E-state index is 0.571. The minimum atomic E-state index is 0.571. The van der Waals surface area contributed by atoms with Crippen molar-refractivity contribution < 1.29 is 0 Å². The molecule has 0 unspecified atom stereocenters. The third kappa shape index (κ3) is 3.52. The smallest absolute Gasteiger partial charge is 0.171 e. The van der Waals surface area contributed by atoms with Gasteiger partial charge in [0.25, 0.3) is 0 Å². The third-order valence-electron chi connectivity index (χ3n) is 5.95. The second kappa shape index (κ2) is 8.11. The van der Waals surface area contributed by atoms with E-state index in [2.05, 4.69) is 47.0 Å². The van der Waals surface area contributed by atoms with Crippen molar-refractivity contribution in [2.24, 2.45) is 0 Å². The summed E-state index contributed by atoms with van der Waals surface area (Å²) in [4.78, 5) is 9.62. The molecule has 2 aromatic heterocycles. The maximum absolute atomic E-state index is 5.75. The lowest BCUT2D eigenvalue weighted by molar-refractivity contribution is 0.942. The molecule has 0 aliphatic carbocycles. The zero-order chi connectivity index (χ0) is 22.2. The van der Waals surface area contributed by atoms with Crippen LogP contribution in [0.15, 0.2) is 97.1 Å². The number of benzene rings is 4. The van der Waals surface area contributed by atoms with Crippen molar-refractivity contribution in [1.82, 2.24) is 15.3 Å². The summed E-state index contributed by atoms with van der Waals surface area (Å²) in [5.41, 5.74) is 6.00. The van der Waals surface area contributed by atoms with Crippen LogP contribution in [0.2, 0.25) is 0 Å². The van der Waals surface area contributed by atoms with Gasteiger partial charge in [0.15, 0.2) is 5.11 Å². The van der Waals surface area contributed by atoms with E-state index < -0.39 is 0 Å². The largest absolute Gasteiger partial charge is 0.358 e. The minimum Gasteiger partial charge on any atom is -0.358 e. The van der Waals surface area contributed by atoms with Crippen LogP contribution in [-0.2, 0) is 6.54 Å².